The molecule has 1 aromatic carbocycles. The Kier molecular flexibility index (Phi) is 13.5. The molecule has 1 rings (SSSR count). The zero-order valence-corrected chi connectivity index (χ0v) is 17.0. The van der Waals surface area contributed by atoms with E-state index in [9.17, 15) is 0 Å². The van der Waals surface area contributed by atoms with Crippen LogP contribution in [0.3, 0.4) is 0 Å². The molecule has 0 aliphatic heterocycles. The molecule has 1 aromatic rings. The number of guanidine groups is 1. The number of aliphatic imine (C=N–C) groups is 1. The fourth-order valence-corrected chi connectivity index (χ4v) is 2.61. The molecule has 0 aliphatic carbocycles. The standard InChI is InChI=1S/C15H25N3S2.HI/c1-4-16-15(17-9-11-19-3)18-10-12-20-14-7-5-13(2)6-8-14;/h5-8H,4,9-12H2,1-3H3,(H2,16,17,18);1H. The topological polar surface area (TPSA) is 36.4 Å². The van der Waals surface area contributed by atoms with E-state index in [0.717, 1.165) is 37.1 Å². The van der Waals surface area contributed by atoms with Crippen molar-refractivity contribution < 1.29 is 0 Å². The molecule has 3 nitrogen and oxygen atoms in total. The van der Waals surface area contributed by atoms with E-state index in [1.807, 2.05) is 23.5 Å². The molecule has 0 heterocycles. The maximum Gasteiger partial charge on any atom is 0.191 e. The quantitative estimate of drug-likeness (QED) is 0.213. The van der Waals surface area contributed by atoms with Crippen LogP contribution in [-0.4, -0.2) is 43.4 Å². The molecule has 0 unspecified atom stereocenters. The molecule has 0 atom stereocenters. The highest BCUT2D eigenvalue weighted by molar-refractivity contribution is 14.0. The van der Waals surface area contributed by atoms with Gasteiger partial charge in [-0.2, -0.15) is 11.8 Å². The summed E-state index contributed by atoms with van der Waals surface area (Å²) in [7, 11) is 0. The molecular weight excluding hydrogens is 413 g/mol. The molecule has 0 saturated heterocycles. The summed E-state index contributed by atoms with van der Waals surface area (Å²) in [6, 6.07) is 8.67. The van der Waals surface area contributed by atoms with E-state index in [-0.39, 0.29) is 24.0 Å². The number of benzene rings is 1. The minimum atomic E-state index is 0. The van der Waals surface area contributed by atoms with Gasteiger partial charge in [0.1, 0.15) is 0 Å². The highest BCUT2D eigenvalue weighted by Gasteiger charge is 1.97. The Morgan fingerprint density at radius 3 is 2.48 bits per heavy atom. The van der Waals surface area contributed by atoms with E-state index in [2.05, 4.69) is 60.0 Å². The molecule has 0 spiro atoms. The summed E-state index contributed by atoms with van der Waals surface area (Å²) in [4.78, 5) is 5.84. The maximum atomic E-state index is 4.52. The molecule has 2 N–H and O–H groups in total. The Hall–Kier alpha value is -0.0800. The summed E-state index contributed by atoms with van der Waals surface area (Å²) in [5, 5.41) is 6.64. The second-order valence-electron chi connectivity index (χ2n) is 4.34. The van der Waals surface area contributed by atoms with Crippen LogP contribution >= 0.6 is 47.5 Å². The highest BCUT2D eigenvalue weighted by atomic mass is 127. The third-order valence-corrected chi connectivity index (χ3v) is 4.20. The van der Waals surface area contributed by atoms with Gasteiger partial charge in [-0.05, 0) is 32.2 Å². The molecule has 0 fully saturated rings. The minimum Gasteiger partial charge on any atom is -0.357 e. The van der Waals surface area contributed by atoms with Crippen molar-refractivity contribution in [3.8, 4) is 0 Å². The third-order valence-electron chi connectivity index (χ3n) is 2.59. The Bertz CT molecular complexity index is 396. The van der Waals surface area contributed by atoms with Gasteiger partial charge in [-0.25, -0.2) is 0 Å². The fourth-order valence-electron chi connectivity index (χ4n) is 1.56. The number of hydrogen-bond donors (Lipinski definition) is 2. The number of nitrogens with zero attached hydrogens (tertiary/aromatic N) is 1. The first-order valence-corrected chi connectivity index (χ1v) is 9.34. The van der Waals surface area contributed by atoms with E-state index < -0.39 is 0 Å². The first-order valence-electron chi connectivity index (χ1n) is 6.97. The summed E-state index contributed by atoms with van der Waals surface area (Å²) in [5.74, 6) is 3.02. The van der Waals surface area contributed by atoms with Crippen molar-refractivity contribution in [2.24, 2.45) is 4.99 Å². The third kappa shape index (κ3) is 10.3. The lowest BCUT2D eigenvalue weighted by Gasteiger charge is -2.11. The van der Waals surface area contributed by atoms with E-state index >= 15 is 0 Å². The lowest BCUT2D eigenvalue weighted by Crippen LogP contribution is -2.38. The van der Waals surface area contributed by atoms with Crippen molar-refractivity contribution in [1.82, 2.24) is 10.6 Å². The SMILES string of the molecule is CCNC(=NCCSC)NCCSc1ccc(C)cc1.I. The molecule has 0 aromatic heterocycles. The van der Waals surface area contributed by atoms with Crippen molar-refractivity contribution in [2.75, 3.05) is 37.4 Å². The van der Waals surface area contributed by atoms with Gasteiger partial charge in [0.15, 0.2) is 5.96 Å². The van der Waals surface area contributed by atoms with Crippen LogP contribution in [0.15, 0.2) is 34.2 Å². The first kappa shape index (κ1) is 20.9. The first-order chi connectivity index (χ1) is 9.76. The molecule has 0 amide bonds. The maximum absolute atomic E-state index is 4.52. The lowest BCUT2D eigenvalue weighted by atomic mass is 10.2. The average molecular weight is 439 g/mol. The fraction of sp³-hybridized carbons (Fsp3) is 0.533. The van der Waals surface area contributed by atoms with E-state index in [0.29, 0.717) is 0 Å². The van der Waals surface area contributed by atoms with Crippen LogP contribution in [0.1, 0.15) is 12.5 Å². The van der Waals surface area contributed by atoms with Crippen molar-refractivity contribution in [3.63, 3.8) is 0 Å². The largest absolute Gasteiger partial charge is 0.357 e. The predicted molar refractivity (Wildman–Crippen MR) is 110 cm³/mol. The summed E-state index contributed by atoms with van der Waals surface area (Å²) in [6.07, 6.45) is 2.11. The summed E-state index contributed by atoms with van der Waals surface area (Å²) in [5.41, 5.74) is 1.31. The number of hydrogen-bond acceptors (Lipinski definition) is 3. The van der Waals surface area contributed by atoms with Crippen LogP contribution in [0.25, 0.3) is 0 Å². The zero-order chi connectivity index (χ0) is 14.6. The molecule has 6 heteroatoms. The molecule has 0 bridgehead atoms. The number of thioether (sulfide) groups is 2. The van der Waals surface area contributed by atoms with Crippen LogP contribution in [0, 0.1) is 6.92 Å². The Balaban J connectivity index is 0.00000400. The summed E-state index contributed by atoms with van der Waals surface area (Å²) in [6.45, 7) is 6.89. The molecule has 120 valence electrons. The summed E-state index contributed by atoms with van der Waals surface area (Å²) >= 11 is 3.69. The van der Waals surface area contributed by atoms with Crippen molar-refractivity contribution in [1.29, 1.82) is 0 Å². The second kappa shape index (κ2) is 13.6. The Morgan fingerprint density at radius 1 is 1.14 bits per heavy atom. The predicted octanol–water partition coefficient (Wildman–Crippen LogP) is 3.62. The molecule has 0 radical (unpaired) electrons. The van der Waals surface area contributed by atoms with Crippen LogP contribution < -0.4 is 10.6 Å². The monoisotopic (exact) mass is 439 g/mol. The van der Waals surface area contributed by atoms with Gasteiger partial charge in [-0.15, -0.1) is 35.7 Å². The molecule has 0 saturated carbocycles. The van der Waals surface area contributed by atoms with Crippen LogP contribution in [0.2, 0.25) is 0 Å². The van der Waals surface area contributed by atoms with Gasteiger partial charge >= 0.3 is 0 Å². The van der Waals surface area contributed by atoms with Gasteiger partial charge in [-0.1, -0.05) is 17.7 Å². The van der Waals surface area contributed by atoms with Gasteiger partial charge in [0.05, 0.1) is 6.54 Å². The van der Waals surface area contributed by atoms with Gasteiger partial charge in [0.25, 0.3) is 0 Å². The van der Waals surface area contributed by atoms with Crippen LogP contribution in [0.4, 0.5) is 0 Å². The van der Waals surface area contributed by atoms with Gasteiger partial charge in [0.2, 0.25) is 0 Å². The van der Waals surface area contributed by atoms with E-state index in [1.165, 1.54) is 10.5 Å². The van der Waals surface area contributed by atoms with Crippen LogP contribution in [-0.2, 0) is 0 Å². The van der Waals surface area contributed by atoms with Gasteiger partial charge in [-0.3, -0.25) is 4.99 Å². The number of rotatable bonds is 8. The van der Waals surface area contributed by atoms with Gasteiger partial charge in [0, 0.05) is 29.5 Å². The van der Waals surface area contributed by atoms with E-state index in [1.54, 1.807) is 0 Å². The van der Waals surface area contributed by atoms with Crippen LogP contribution in [0.5, 0.6) is 0 Å². The van der Waals surface area contributed by atoms with Gasteiger partial charge < -0.3 is 10.6 Å². The minimum absolute atomic E-state index is 0. The van der Waals surface area contributed by atoms with Crippen molar-refractivity contribution >= 4 is 53.5 Å². The molecule has 0 aliphatic rings. The highest BCUT2D eigenvalue weighted by Crippen LogP contribution is 2.17. The van der Waals surface area contributed by atoms with E-state index in [4.69, 9.17) is 0 Å². The molecular formula is C15H26IN3S2. The second-order valence-corrected chi connectivity index (χ2v) is 6.50. The normalized spacial score (nSPS) is 10.9. The Morgan fingerprint density at radius 2 is 1.86 bits per heavy atom. The Labute approximate surface area is 154 Å². The smallest absolute Gasteiger partial charge is 0.191 e. The lowest BCUT2D eigenvalue weighted by molar-refractivity contribution is 0.850. The molecule has 21 heavy (non-hydrogen) atoms. The number of halogens is 1. The average Bonchev–Trinajstić information content (AvgIpc) is 2.45. The van der Waals surface area contributed by atoms with Crippen molar-refractivity contribution in [3.05, 3.63) is 29.8 Å². The number of nitrogens with one attached hydrogen (secondary N) is 2. The summed E-state index contributed by atoms with van der Waals surface area (Å²) < 4.78 is 0. The van der Waals surface area contributed by atoms with Crippen molar-refractivity contribution in [2.45, 2.75) is 18.7 Å². The zero-order valence-electron chi connectivity index (χ0n) is 13.0. The number of aryl methyl sites for hydroxylation is 1.